The van der Waals surface area contributed by atoms with E-state index in [9.17, 15) is 14.0 Å². The van der Waals surface area contributed by atoms with Crippen LogP contribution in [0.2, 0.25) is 0 Å². The molecule has 0 bridgehead atoms. The Bertz CT molecular complexity index is 456. The molecule has 0 saturated carbocycles. The first-order valence-electron chi connectivity index (χ1n) is 5.83. The topological polar surface area (TPSA) is 66.4 Å². The zero-order chi connectivity index (χ0) is 13.7. The zero-order valence-electron chi connectivity index (χ0n) is 10.4. The minimum absolute atomic E-state index is 0.241. The van der Waals surface area contributed by atoms with Crippen LogP contribution in [0.15, 0.2) is 18.2 Å². The molecule has 1 aromatic carbocycles. The third kappa shape index (κ3) is 3.06. The minimum atomic E-state index is -1.27. The standard InChI is InChI=1S/C13H16FNO3/c1-3-8(4-2)12(16)15-11-9(13(17)18)6-5-7-10(11)14/h5-8H,3-4H2,1-2H3,(H,15,16)(H,17,18). The molecule has 0 spiro atoms. The van der Waals surface area contributed by atoms with E-state index >= 15 is 0 Å². The summed E-state index contributed by atoms with van der Waals surface area (Å²) in [4.78, 5) is 22.8. The summed E-state index contributed by atoms with van der Waals surface area (Å²) in [6.45, 7) is 3.71. The lowest BCUT2D eigenvalue weighted by molar-refractivity contribution is -0.120. The van der Waals surface area contributed by atoms with Crippen LogP contribution in [-0.4, -0.2) is 17.0 Å². The van der Waals surface area contributed by atoms with E-state index in [2.05, 4.69) is 5.32 Å². The van der Waals surface area contributed by atoms with Gasteiger partial charge in [0.15, 0.2) is 0 Å². The molecule has 0 aliphatic rings. The summed E-state index contributed by atoms with van der Waals surface area (Å²) in [6, 6.07) is 3.68. The monoisotopic (exact) mass is 253 g/mol. The second-order valence-corrected chi connectivity index (χ2v) is 3.97. The highest BCUT2D eigenvalue weighted by Crippen LogP contribution is 2.21. The van der Waals surface area contributed by atoms with E-state index in [4.69, 9.17) is 5.11 Å². The van der Waals surface area contributed by atoms with Gasteiger partial charge in [-0.15, -0.1) is 0 Å². The second-order valence-electron chi connectivity index (χ2n) is 3.97. The molecule has 2 N–H and O–H groups in total. The normalized spacial score (nSPS) is 10.4. The summed E-state index contributed by atoms with van der Waals surface area (Å²) < 4.78 is 13.6. The van der Waals surface area contributed by atoms with Crippen LogP contribution in [0, 0.1) is 11.7 Å². The van der Waals surface area contributed by atoms with Crippen LogP contribution < -0.4 is 5.32 Å². The lowest BCUT2D eigenvalue weighted by atomic mass is 10.0. The van der Waals surface area contributed by atoms with Crippen molar-refractivity contribution < 1.29 is 19.1 Å². The fraction of sp³-hybridized carbons (Fsp3) is 0.385. The summed E-state index contributed by atoms with van der Waals surface area (Å²) in [5, 5.41) is 11.3. The quantitative estimate of drug-likeness (QED) is 0.847. The number of halogens is 1. The first kappa shape index (κ1) is 14.2. The molecule has 0 aromatic heterocycles. The first-order chi connectivity index (χ1) is 8.51. The number of nitrogens with one attached hydrogen (secondary N) is 1. The molecule has 5 heteroatoms. The van der Waals surface area contributed by atoms with Crippen LogP contribution in [0.25, 0.3) is 0 Å². The predicted molar refractivity (Wildman–Crippen MR) is 66.1 cm³/mol. The molecule has 0 aliphatic carbocycles. The molecular weight excluding hydrogens is 237 g/mol. The lowest BCUT2D eigenvalue weighted by Crippen LogP contribution is -2.23. The maximum absolute atomic E-state index is 13.6. The Morgan fingerprint density at radius 3 is 2.44 bits per heavy atom. The first-order valence-corrected chi connectivity index (χ1v) is 5.83. The number of carbonyl (C=O) groups excluding carboxylic acids is 1. The van der Waals surface area contributed by atoms with Gasteiger partial charge in [0.2, 0.25) is 5.91 Å². The number of carboxylic acid groups (broad SMARTS) is 1. The van der Waals surface area contributed by atoms with E-state index in [-0.39, 0.29) is 23.1 Å². The molecule has 0 radical (unpaired) electrons. The van der Waals surface area contributed by atoms with Crippen molar-refractivity contribution in [3.05, 3.63) is 29.6 Å². The average molecular weight is 253 g/mol. The Balaban J connectivity index is 3.03. The summed E-state index contributed by atoms with van der Waals surface area (Å²) in [5.74, 6) is -2.61. The van der Waals surface area contributed by atoms with Crippen molar-refractivity contribution in [2.24, 2.45) is 5.92 Å². The molecule has 0 saturated heterocycles. The largest absolute Gasteiger partial charge is 0.478 e. The van der Waals surface area contributed by atoms with Gasteiger partial charge in [-0.2, -0.15) is 0 Å². The van der Waals surface area contributed by atoms with Gasteiger partial charge in [-0.3, -0.25) is 4.79 Å². The minimum Gasteiger partial charge on any atom is -0.478 e. The molecule has 4 nitrogen and oxygen atoms in total. The number of para-hydroxylation sites is 1. The summed E-state index contributed by atoms with van der Waals surface area (Å²) in [5.41, 5.74) is -0.504. The zero-order valence-corrected chi connectivity index (χ0v) is 10.4. The Morgan fingerprint density at radius 1 is 1.33 bits per heavy atom. The SMILES string of the molecule is CCC(CC)C(=O)Nc1c(F)cccc1C(=O)O. The van der Waals surface area contributed by atoms with Gasteiger partial charge < -0.3 is 10.4 Å². The fourth-order valence-corrected chi connectivity index (χ4v) is 1.71. The number of aromatic carboxylic acids is 1. The van der Waals surface area contributed by atoms with Gasteiger partial charge in [-0.05, 0) is 25.0 Å². The fourth-order valence-electron chi connectivity index (χ4n) is 1.71. The van der Waals surface area contributed by atoms with Crippen LogP contribution in [0.3, 0.4) is 0 Å². The number of anilines is 1. The third-order valence-corrected chi connectivity index (χ3v) is 2.85. The van der Waals surface area contributed by atoms with E-state index < -0.39 is 11.8 Å². The number of carbonyl (C=O) groups is 2. The molecule has 98 valence electrons. The Hall–Kier alpha value is -1.91. The summed E-state index contributed by atoms with van der Waals surface area (Å²) in [6.07, 6.45) is 1.25. The van der Waals surface area contributed by atoms with Gasteiger partial charge in [-0.1, -0.05) is 19.9 Å². The van der Waals surface area contributed by atoms with Crippen molar-refractivity contribution in [3.63, 3.8) is 0 Å². The Kier molecular flexibility index (Phi) is 4.83. The molecule has 18 heavy (non-hydrogen) atoms. The van der Waals surface area contributed by atoms with Crippen molar-refractivity contribution in [2.45, 2.75) is 26.7 Å². The van der Waals surface area contributed by atoms with Crippen molar-refractivity contribution in [3.8, 4) is 0 Å². The molecule has 0 fully saturated rings. The van der Waals surface area contributed by atoms with Gasteiger partial charge in [0.05, 0.1) is 11.3 Å². The maximum Gasteiger partial charge on any atom is 0.337 e. The Labute approximate surface area is 105 Å². The van der Waals surface area contributed by atoms with Crippen LogP contribution in [0.5, 0.6) is 0 Å². The number of hydrogen-bond acceptors (Lipinski definition) is 2. The number of hydrogen-bond donors (Lipinski definition) is 2. The second kappa shape index (κ2) is 6.14. The number of amides is 1. The number of rotatable bonds is 5. The highest BCUT2D eigenvalue weighted by atomic mass is 19.1. The molecule has 0 heterocycles. The smallest absolute Gasteiger partial charge is 0.337 e. The molecule has 0 atom stereocenters. The maximum atomic E-state index is 13.6. The van der Waals surface area contributed by atoms with Crippen LogP contribution >= 0.6 is 0 Å². The van der Waals surface area contributed by atoms with E-state index in [0.717, 1.165) is 6.07 Å². The average Bonchev–Trinajstić information content (AvgIpc) is 2.33. The lowest BCUT2D eigenvalue weighted by Gasteiger charge is -2.14. The summed E-state index contributed by atoms with van der Waals surface area (Å²) in [7, 11) is 0. The highest BCUT2D eigenvalue weighted by molar-refractivity contribution is 6.01. The Morgan fingerprint density at radius 2 is 1.94 bits per heavy atom. The number of benzene rings is 1. The molecular formula is C13H16FNO3. The van der Waals surface area contributed by atoms with Gasteiger partial charge in [-0.25, -0.2) is 9.18 Å². The molecule has 1 rings (SSSR count). The van der Waals surface area contributed by atoms with Gasteiger partial charge >= 0.3 is 5.97 Å². The van der Waals surface area contributed by atoms with Crippen LogP contribution in [-0.2, 0) is 4.79 Å². The van der Waals surface area contributed by atoms with Gasteiger partial charge in [0.1, 0.15) is 5.82 Å². The van der Waals surface area contributed by atoms with Crippen molar-refractivity contribution in [1.82, 2.24) is 0 Å². The van der Waals surface area contributed by atoms with Crippen molar-refractivity contribution in [1.29, 1.82) is 0 Å². The van der Waals surface area contributed by atoms with E-state index in [1.165, 1.54) is 12.1 Å². The molecule has 1 amide bonds. The highest BCUT2D eigenvalue weighted by Gasteiger charge is 2.20. The molecule has 1 aromatic rings. The van der Waals surface area contributed by atoms with Gasteiger partial charge in [0.25, 0.3) is 0 Å². The molecule has 0 aliphatic heterocycles. The van der Waals surface area contributed by atoms with Crippen LogP contribution in [0.1, 0.15) is 37.0 Å². The van der Waals surface area contributed by atoms with E-state index in [1.54, 1.807) is 0 Å². The summed E-state index contributed by atoms with van der Waals surface area (Å²) >= 11 is 0. The van der Waals surface area contributed by atoms with E-state index in [0.29, 0.717) is 12.8 Å². The molecule has 0 unspecified atom stereocenters. The van der Waals surface area contributed by atoms with Gasteiger partial charge in [0, 0.05) is 5.92 Å². The van der Waals surface area contributed by atoms with Crippen molar-refractivity contribution in [2.75, 3.05) is 5.32 Å². The van der Waals surface area contributed by atoms with E-state index in [1.807, 2.05) is 13.8 Å². The number of carboxylic acids is 1. The van der Waals surface area contributed by atoms with Crippen LogP contribution in [0.4, 0.5) is 10.1 Å². The third-order valence-electron chi connectivity index (χ3n) is 2.85. The van der Waals surface area contributed by atoms with Crippen molar-refractivity contribution >= 4 is 17.6 Å². The predicted octanol–water partition coefficient (Wildman–Crippen LogP) is 2.90.